The van der Waals surface area contributed by atoms with Crippen LogP contribution < -0.4 is 11.1 Å². The molecule has 0 bridgehead atoms. The Bertz CT molecular complexity index is 565. The van der Waals surface area contributed by atoms with Crippen LogP contribution in [0, 0.1) is 0 Å². The quantitative estimate of drug-likeness (QED) is 0.681. The lowest BCUT2D eigenvalue weighted by molar-refractivity contribution is -0.123. The van der Waals surface area contributed by atoms with Crippen LogP contribution in [0.5, 0.6) is 0 Å². The Morgan fingerprint density at radius 3 is 2.90 bits per heavy atom. The molecule has 1 heterocycles. The lowest BCUT2D eigenvalue weighted by Crippen LogP contribution is -2.53. The SMILES string of the molecule is CCNC(C)(CCSc1nc2ccccc2[nH]1)C(N)=O. The van der Waals surface area contributed by atoms with Gasteiger partial charge in [0.05, 0.1) is 16.6 Å². The zero-order valence-electron chi connectivity index (χ0n) is 11.8. The Kier molecular flexibility index (Phi) is 4.67. The highest BCUT2D eigenvalue weighted by molar-refractivity contribution is 7.99. The Morgan fingerprint density at radius 1 is 1.50 bits per heavy atom. The van der Waals surface area contributed by atoms with Crippen molar-refractivity contribution >= 4 is 28.7 Å². The number of aromatic amines is 1. The number of fused-ring (bicyclic) bond motifs is 1. The monoisotopic (exact) mass is 292 g/mol. The number of nitrogens with one attached hydrogen (secondary N) is 2. The van der Waals surface area contributed by atoms with E-state index in [0.717, 1.165) is 28.5 Å². The van der Waals surface area contributed by atoms with Crippen molar-refractivity contribution < 1.29 is 4.79 Å². The number of H-pyrrole nitrogens is 1. The van der Waals surface area contributed by atoms with E-state index in [4.69, 9.17) is 5.73 Å². The average Bonchev–Trinajstić information content (AvgIpc) is 2.81. The summed E-state index contributed by atoms with van der Waals surface area (Å²) in [5.74, 6) is 0.455. The fraction of sp³-hybridized carbons (Fsp3) is 0.429. The van der Waals surface area contributed by atoms with Crippen LogP contribution >= 0.6 is 11.8 Å². The molecule has 6 heteroatoms. The van der Waals surface area contributed by atoms with Crippen molar-refractivity contribution in [2.45, 2.75) is 31.0 Å². The van der Waals surface area contributed by atoms with E-state index in [0.29, 0.717) is 6.42 Å². The molecule has 0 aliphatic carbocycles. The molecule has 0 saturated carbocycles. The zero-order chi connectivity index (χ0) is 14.6. The fourth-order valence-electron chi connectivity index (χ4n) is 2.04. The number of para-hydroxylation sites is 2. The summed E-state index contributed by atoms with van der Waals surface area (Å²) in [5.41, 5.74) is 6.79. The molecule has 0 aliphatic rings. The van der Waals surface area contributed by atoms with Gasteiger partial charge < -0.3 is 16.0 Å². The predicted octanol–water partition coefficient (Wildman–Crippen LogP) is 1.90. The molecule has 5 nitrogen and oxygen atoms in total. The summed E-state index contributed by atoms with van der Waals surface area (Å²) in [6.07, 6.45) is 0.665. The van der Waals surface area contributed by atoms with Crippen molar-refractivity contribution in [2.24, 2.45) is 5.73 Å². The van der Waals surface area contributed by atoms with Crippen LogP contribution in [-0.4, -0.2) is 33.7 Å². The molecule has 0 saturated heterocycles. The summed E-state index contributed by atoms with van der Waals surface area (Å²) >= 11 is 1.60. The first-order valence-electron chi connectivity index (χ1n) is 6.67. The van der Waals surface area contributed by atoms with Crippen LogP contribution in [0.25, 0.3) is 11.0 Å². The molecule has 1 amide bonds. The number of thioether (sulfide) groups is 1. The lowest BCUT2D eigenvalue weighted by atomic mass is 9.98. The molecular formula is C14H20N4OS. The number of amides is 1. The van der Waals surface area contributed by atoms with Crippen LogP contribution in [0.15, 0.2) is 29.4 Å². The number of hydrogen-bond acceptors (Lipinski definition) is 4. The number of hydrogen-bond donors (Lipinski definition) is 3. The molecule has 20 heavy (non-hydrogen) atoms. The molecule has 0 spiro atoms. The highest BCUT2D eigenvalue weighted by atomic mass is 32.2. The van der Waals surface area contributed by atoms with Gasteiger partial charge >= 0.3 is 0 Å². The van der Waals surface area contributed by atoms with Crippen molar-refractivity contribution in [3.8, 4) is 0 Å². The van der Waals surface area contributed by atoms with Crippen molar-refractivity contribution in [1.82, 2.24) is 15.3 Å². The van der Waals surface area contributed by atoms with Gasteiger partial charge in [-0.25, -0.2) is 4.98 Å². The van der Waals surface area contributed by atoms with Crippen molar-refractivity contribution in [1.29, 1.82) is 0 Å². The highest BCUT2D eigenvalue weighted by Crippen LogP contribution is 2.22. The Balaban J connectivity index is 1.96. The number of carbonyl (C=O) groups excluding carboxylic acids is 1. The van der Waals surface area contributed by atoms with Gasteiger partial charge in [-0.3, -0.25) is 4.79 Å². The number of aromatic nitrogens is 2. The van der Waals surface area contributed by atoms with Gasteiger partial charge in [0.1, 0.15) is 0 Å². The summed E-state index contributed by atoms with van der Waals surface area (Å²) in [6, 6.07) is 7.91. The third kappa shape index (κ3) is 3.32. The van der Waals surface area contributed by atoms with Gasteiger partial charge in [0.25, 0.3) is 0 Å². The topological polar surface area (TPSA) is 83.8 Å². The van der Waals surface area contributed by atoms with Crippen LogP contribution in [-0.2, 0) is 4.79 Å². The maximum absolute atomic E-state index is 11.5. The largest absolute Gasteiger partial charge is 0.368 e. The number of nitrogens with zero attached hydrogens (tertiary/aromatic N) is 1. The Morgan fingerprint density at radius 2 is 2.25 bits per heavy atom. The van der Waals surface area contributed by atoms with Crippen LogP contribution in [0.4, 0.5) is 0 Å². The van der Waals surface area contributed by atoms with Crippen LogP contribution in [0.3, 0.4) is 0 Å². The zero-order valence-corrected chi connectivity index (χ0v) is 12.6. The second kappa shape index (κ2) is 6.28. The number of imidazole rings is 1. The Hall–Kier alpha value is -1.53. The third-order valence-corrected chi connectivity index (χ3v) is 4.19. The maximum atomic E-state index is 11.5. The molecule has 4 N–H and O–H groups in total. The predicted molar refractivity (Wildman–Crippen MR) is 82.7 cm³/mol. The van der Waals surface area contributed by atoms with Crippen molar-refractivity contribution in [3.05, 3.63) is 24.3 Å². The van der Waals surface area contributed by atoms with E-state index in [-0.39, 0.29) is 5.91 Å². The molecule has 1 unspecified atom stereocenters. The first kappa shape index (κ1) is 14.9. The molecule has 2 aromatic rings. The number of carbonyl (C=O) groups is 1. The van der Waals surface area contributed by atoms with E-state index in [2.05, 4.69) is 15.3 Å². The standard InChI is InChI=1S/C14H20N4OS/c1-3-16-14(2,12(15)19)8-9-20-13-17-10-6-4-5-7-11(10)18-13/h4-7,16H,3,8-9H2,1-2H3,(H2,15,19)(H,17,18). The summed E-state index contributed by atoms with van der Waals surface area (Å²) in [5, 5.41) is 4.02. The molecule has 1 aromatic heterocycles. The van der Waals surface area contributed by atoms with Crippen molar-refractivity contribution in [3.63, 3.8) is 0 Å². The third-order valence-electron chi connectivity index (χ3n) is 3.32. The molecule has 2 rings (SSSR count). The number of likely N-dealkylation sites (N-methyl/N-ethyl adjacent to an activating group) is 1. The van der Waals surface area contributed by atoms with Gasteiger partial charge in [-0.1, -0.05) is 30.8 Å². The van der Waals surface area contributed by atoms with Gasteiger partial charge in [-0.15, -0.1) is 0 Å². The van der Waals surface area contributed by atoms with Crippen LogP contribution in [0.2, 0.25) is 0 Å². The minimum Gasteiger partial charge on any atom is -0.368 e. The number of benzene rings is 1. The van der Waals surface area contributed by atoms with Gasteiger partial charge in [-0.2, -0.15) is 0 Å². The van der Waals surface area contributed by atoms with E-state index in [1.165, 1.54) is 0 Å². The first-order chi connectivity index (χ1) is 9.55. The van der Waals surface area contributed by atoms with Gasteiger partial charge in [0.2, 0.25) is 5.91 Å². The van der Waals surface area contributed by atoms with Gasteiger partial charge in [0, 0.05) is 5.75 Å². The smallest absolute Gasteiger partial charge is 0.237 e. The number of rotatable bonds is 7. The van der Waals surface area contributed by atoms with E-state index >= 15 is 0 Å². The maximum Gasteiger partial charge on any atom is 0.237 e. The minimum atomic E-state index is -0.659. The lowest BCUT2D eigenvalue weighted by Gasteiger charge is -2.26. The fourth-order valence-corrected chi connectivity index (χ4v) is 3.09. The summed E-state index contributed by atoms with van der Waals surface area (Å²) < 4.78 is 0. The molecule has 1 aromatic carbocycles. The Labute approximate surface area is 122 Å². The first-order valence-corrected chi connectivity index (χ1v) is 7.66. The molecule has 0 radical (unpaired) electrons. The molecule has 108 valence electrons. The van der Waals surface area contributed by atoms with Crippen LogP contribution in [0.1, 0.15) is 20.3 Å². The molecule has 0 fully saturated rings. The normalized spacial score (nSPS) is 14.3. The van der Waals surface area contributed by atoms with Gasteiger partial charge in [-0.05, 0) is 32.0 Å². The highest BCUT2D eigenvalue weighted by Gasteiger charge is 2.29. The second-order valence-electron chi connectivity index (χ2n) is 4.88. The van der Waals surface area contributed by atoms with E-state index < -0.39 is 5.54 Å². The second-order valence-corrected chi connectivity index (χ2v) is 5.97. The van der Waals surface area contributed by atoms with Crippen molar-refractivity contribution in [2.75, 3.05) is 12.3 Å². The average molecular weight is 292 g/mol. The summed E-state index contributed by atoms with van der Waals surface area (Å²) in [6.45, 7) is 4.53. The molecule has 0 aliphatic heterocycles. The number of primary amides is 1. The van der Waals surface area contributed by atoms with E-state index in [9.17, 15) is 4.79 Å². The van der Waals surface area contributed by atoms with E-state index in [1.54, 1.807) is 11.8 Å². The minimum absolute atomic E-state index is 0.315. The summed E-state index contributed by atoms with van der Waals surface area (Å²) in [4.78, 5) is 19.3. The number of nitrogens with two attached hydrogens (primary N) is 1. The summed E-state index contributed by atoms with van der Waals surface area (Å²) in [7, 11) is 0. The van der Waals surface area contributed by atoms with Gasteiger partial charge in [0.15, 0.2) is 5.16 Å². The molecular weight excluding hydrogens is 272 g/mol. The molecule has 1 atom stereocenters. The van der Waals surface area contributed by atoms with E-state index in [1.807, 2.05) is 38.1 Å².